The van der Waals surface area contributed by atoms with Gasteiger partial charge in [0.1, 0.15) is 5.82 Å². The van der Waals surface area contributed by atoms with E-state index in [9.17, 15) is 4.79 Å². The van der Waals surface area contributed by atoms with E-state index < -0.39 is 0 Å². The standard InChI is InChI=1S/C22H28N6OS/c1-2-30-22-25-20(27-13-6-7-14-27)18-16-24-28(21(18)26-22)15-12-23-19(29)11-10-17-8-4-3-5-9-17/h3-5,8-9,16H,2,6-7,10-15H2,1H3,(H,23,29). The number of hydrogen-bond donors (Lipinski definition) is 1. The molecular weight excluding hydrogens is 396 g/mol. The molecule has 0 spiro atoms. The lowest BCUT2D eigenvalue weighted by atomic mass is 10.1. The second-order valence-corrected chi connectivity index (χ2v) is 8.63. The van der Waals surface area contributed by atoms with E-state index in [1.165, 1.54) is 18.4 Å². The highest BCUT2D eigenvalue weighted by atomic mass is 32.2. The number of anilines is 1. The molecule has 3 aromatic rings. The number of hydrogen-bond acceptors (Lipinski definition) is 6. The van der Waals surface area contributed by atoms with Gasteiger partial charge < -0.3 is 10.2 Å². The Morgan fingerprint density at radius 2 is 1.97 bits per heavy atom. The van der Waals surface area contributed by atoms with Gasteiger partial charge in [-0.3, -0.25) is 4.79 Å². The minimum atomic E-state index is 0.0601. The van der Waals surface area contributed by atoms with Gasteiger partial charge in [-0.25, -0.2) is 14.6 Å². The predicted molar refractivity (Wildman–Crippen MR) is 121 cm³/mol. The second-order valence-electron chi connectivity index (χ2n) is 7.40. The highest BCUT2D eigenvalue weighted by Gasteiger charge is 2.20. The van der Waals surface area contributed by atoms with Gasteiger partial charge in [0, 0.05) is 26.1 Å². The van der Waals surface area contributed by atoms with Crippen molar-refractivity contribution in [3.05, 3.63) is 42.1 Å². The summed E-state index contributed by atoms with van der Waals surface area (Å²) in [6.07, 6.45) is 5.50. The van der Waals surface area contributed by atoms with Crippen LogP contribution in [0.5, 0.6) is 0 Å². The van der Waals surface area contributed by atoms with Crippen molar-refractivity contribution in [2.24, 2.45) is 0 Å². The summed E-state index contributed by atoms with van der Waals surface area (Å²) in [5.41, 5.74) is 2.03. The average molecular weight is 425 g/mol. The largest absolute Gasteiger partial charge is 0.356 e. The quantitative estimate of drug-likeness (QED) is 0.420. The zero-order chi connectivity index (χ0) is 20.8. The predicted octanol–water partition coefficient (Wildman–Crippen LogP) is 3.29. The lowest BCUT2D eigenvalue weighted by molar-refractivity contribution is -0.121. The van der Waals surface area contributed by atoms with Crippen molar-refractivity contribution >= 4 is 34.5 Å². The van der Waals surface area contributed by atoms with Crippen LogP contribution in [0, 0.1) is 0 Å². The summed E-state index contributed by atoms with van der Waals surface area (Å²) in [5.74, 6) is 1.98. The zero-order valence-corrected chi connectivity index (χ0v) is 18.2. The van der Waals surface area contributed by atoms with E-state index in [1.54, 1.807) is 11.8 Å². The maximum absolute atomic E-state index is 12.2. The Bertz CT molecular complexity index is 984. The van der Waals surface area contributed by atoms with Gasteiger partial charge in [0.2, 0.25) is 5.91 Å². The number of aromatic nitrogens is 4. The zero-order valence-electron chi connectivity index (χ0n) is 17.4. The molecule has 1 N–H and O–H groups in total. The van der Waals surface area contributed by atoms with Gasteiger partial charge in [-0.05, 0) is 30.6 Å². The second kappa shape index (κ2) is 9.93. The Morgan fingerprint density at radius 1 is 1.17 bits per heavy atom. The van der Waals surface area contributed by atoms with Crippen LogP contribution >= 0.6 is 11.8 Å². The Balaban J connectivity index is 1.40. The summed E-state index contributed by atoms with van der Waals surface area (Å²) in [6, 6.07) is 10.1. The summed E-state index contributed by atoms with van der Waals surface area (Å²) in [6.45, 7) is 5.29. The van der Waals surface area contributed by atoms with Gasteiger partial charge in [-0.1, -0.05) is 49.0 Å². The Morgan fingerprint density at radius 3 is 2.73 bits per heavy atom. The van der Waals surface area contributed by atoms with E-state index in [1.807, 2.05) is 41.2 Å². The molecule has 0 aliphatic carbocycles. The maximum Gasteiger partial charge on any atom is 0.220 e. The van der Waals surface area contributed by atoms with Gasteiger partial charge in [-0.2, -0.15) is 5.10 Å². The third-order valence-corrected chi connectivity index (χ3v) is 5.99. The fourth-order valence-corrected chi connectivity index (χ4v) is 4.30. The first-order chi connectivity index (χ1) is 14.7. The van der Waals surface area contributed by atoms with Crippen molar-refractivity contribution < 1.29 is 4.79 Å². The molecule has 8 heteroatoms. The van der Waals surface area contributed by atoms with Gasteiger partial charge in [0.25, 0.3) is 0 Å². The normalized spacial score (nSPS) is 13.8. The molecule has 1 aliphatic rings. The van der Waals surface area contributed by atoms with Crippen LogP contribution in [-0.4, -0.2) is 51.0 Å². The fraction of sp³-hybridized carbons (Fsp3) is 0.455. The number of aryl methyl sites for hydroxylation is 1. The fourth-order valence-electron chi connectivity index (χ4n) is 3.74. The van der Waals surface area contributed by atoms with E-state index in [0.717, 1.165) is 47.3 Å². The number of amides is 1. The van der Waals surface area contributed by atoms with E-state index in [4.69, 9.17) is 9.97 Å². The van der Waals surface area contributed by atoms with Crippen LogP contribution < -0.4 is 10.2 Å². The number of thioether (sulfide) groups is 1. The maximum atomic E-state index is 12.2. The Kier molecular flexibility index (Phi) is 6.84. The first-order valence-electron chi connectivity index (χ1n) is 10.7. The van der Waals surface area contributed by atoms with Crippen molar-refractivity contribution in [3.8, 4) is 0 Å². The molecule has 158 valence electrons. The number of rotatable bonds is 9. The number of nitrogens with one attached hydrogen (secondary N) is 1. The minimum Gasteiger partial charge on any atom is -0.356 e. The van der Waals surface area contributed by atoms with E-state index in [-0.39, 0.29) is 5.91 Å². The van der Waals surface area contributed by atoms with Gasteiger partial charge in [0.05, 0.1) is 18.1 Å². The number of nitrogens with zero attached hydrogens (tertiary/aromatic N) is 5. The molecule has 0 bridgehead atoms. The van der Waals surface area contributed by atoms with Crippen LogP contribution in [0.3, 0.4) is 0 Å². The molecule has 0 atom stereocenters. The highest BCUT2D eigenvalue weighted by molar-refractivity contribution is 7.99. The van der Waals surface area contributed by atoms with Crippen LogP contribution in [0.15, 0.2) is 41.7 Å². The van der Waals surface area contributed by atoms with Crippen LogP contribution in [0.2, 0.25) is 0 Å². The SMILES string of the molecule is CCSc1nc(N2CCCC2)c2cnn(CCNC(=O)CCc3ccccc3)c2n1. The van der Waals surface area contributed by atoms with Crippen molar-refractivity contribution in [2.75, 3.05) is 30.3 Å². The molecule has 0 unspecified atom stereocenters. The molecule has 1 aromatic carbocycles. The van der Waals surface area contributed by atoms with Crippen LogP contribution in [-0.2, 0) is 17.8 Å². The Labute approximate surface area is 181 Å². The monoisotopic (exact) mass is 424 g/mol. The van der Waals surface area contributed by atoms with E-state index in [2.05, 4.69) is 22.2 Å². The highest BCUT2D eigenvalue weighted by Crippen LogP contribution is 2.29. The lowest BCUT2D eigenvalue weighted by Gasteiger charge is -2.17. The molecule has 1 fully saturated rings. The molecule has 0 radical (unpaired) electrons. The first-order valence-corrected chi connectivity index (χ1v) is 11.6. The summed E-state index contributed by atoms with van der Waals surface area (Å²) in [7, 11) is 0. The number of carbonyl (C=O) groups is 1. The molecule has 1 aliphatic heterocycles. The first kappa shape index (κ1) is 20.7. The third kappa shape index (κ3) is 4.92. The molecule has 0 saturated carbocycles. The minimum absolute atomic E-state index is 0.0601. The third-order valence-electron chi connectivity index (χ3n) is 5.26. The molecule has 3 heterocycles. The van der Waals surface area contributed by atoms with Crippen molar-refractivity contribution in [1.82, 2.24) is 25.1 Å². The summed E-state index contributed by atoms with van der Waals surface area (Å²) < 4.78 is 1.88. The number of benzene rings is 1. The van der Waals surface area contributed by atoms with Gasteiger partial charge in [-0.15, -0.1) is 0 Å². The van der Waals surface area contributed by atoms with Crippen LogP contribution in [0.4, 0.5) is 5.82 Å². The summed E-state index contributed by atoms with van der Waals surface area (Å²) in [4.78, 5) is 24.1. The summed E-state index contributed by atoms with van der Waals surface area (Å²) in [5, 5.41) is 9.34. The molecule has 30 heavy (non-hydrogen) atoms. The number of fused-ring (bicyclic) bond motifs is 1. The van der Waals surface area contributed by atoms with Crippen molar-refractivity contribution in [3.63, 3.8) is 0 Å². The molecular formula is C22H28N6OS. The van der Waals surface area contributed by atoms with Crippen molar-refractivity contribution in [1.29, 1.82) is 0 Å². The van der Waals surface area contributed by atoms with Gasteiger partial charge >= 0.3 is 0 Å². The smallest absolute Gasteiger partial charge is 0.220 e. The molecule has 1 saturated heterocycles. The van der Waals surface area contributed by atoms with Crippen LogP contribution in [0.1, 0.15) is 31.7 Å². The molecule has 2 aromatic heterocycles. The molecule has 4 rings (SSSR count). The topological polar surface area (TPSA) is 75.9 Å². The lowest BCUT2D eigenvalue weighted by Crippen LogP contribution is -2.27. The summed E-state index contributed by atoms with van der Waals surface area (Å²) >= 11 is 1.65. The molecule has 1 amide bonds. The van der Waals surface area contributed by atoms with E-state index in [0.29, 0.717) is 19.5 Å². The number of carbonyl (C=O) groups excluding carboxylic acids is 1. The van der Waals surface area contributed by atoms with Crippen LogP contribution in [0.25, 0.3) is 11.0 Å². The molecule has 7 nitrogen and oxygen atoms in total. The Hall–Kier alpha value is -2.61. The van der Waals surface area contributed by atoms with Gasteiger partial charge in [0.15, 0.2) is 10.8 Å². The van der Waals surface area contributed by atoms with E-state index >= 15 is 0 Å². The average Bonchev–Trinajstić information content (AvgIpc) is 3.43. The van der Waals surface area contributed by atoms with Crippen molar-refractivity contribution in [2.45, 2.75) is 44.3 Å².